The van der Waals surface area contributed by atoms with Gasteiger partial charge in [0.05, 0.1) is 25.2 Å². The van der Waals surface area contributed by atoms with Crippen molar-refractivity contribution in [1.29, 1.82) is 0 Å². The molecular formula is C14H17NO5. The number of rotatable bonds is 2. The van der Waals surface area contributed by atoms with Gasteiger partial charge >= 0.3 is 5.97 Å². The first kappa shape index (κ1) is 12.3. The Balaban J connectivity index is 1.73. The van der Waals surface area contributed by atoms with Crippen molar-refractivity contribution in [2.24, 2.45) is 11.8 Å². The third-order valence-corrected chi connectivity index (χ3v) is 4.68. The van der Waals surface area contributed by atoms with Gasteiger partial charge in [-0.3, -0.25) is 9.59 Å². The van der Waals surface area contributed by atoms with Gasteiger partial charge in [0.1, 0.15) is 11.5 Å². The third kappa shape index (κ3) is 1.31. The predicted octanol–water partition coefficient (Wildman–Crippen LogP) is 0.0779. The summed E-state index contributed by atoms with van der Waals surface area (Å²) in [5.41, 5.74) is -0.792. The monoisotopic (exact) mass is 279 g/mol. The van der Waals surface area contributed by atoms with Crippen molar-refractivity contribution in [3.05, 3.63) is 12.2 Å². The summed E-state index contributed by atoms with van der Waals surface area (Å²) < 4.78 is 16.9. The summed E-state index contributed by atoms with van der Waals surface area (Å²) in [7, 11) is 0. The van der Waals surface area contributed by atoms with Crippen LogP contribution in [0.1, 0.15) is 13.3 Å². The second kappa shape index (κ2) is 4.05. The topological polar surface area (TPSA) is 65.1 Å². The Morgan fingerprint density at radius 1 is 1.60 bits per heavy atom. The Morgan fingerprint density at radius 3 is 3.25 bits per heavy atom. The van der Waals surface area contributed by atoms with Crippen LogP contribution in [0.15, 0.2) is 12.2 Å². The van der Waals surface area contributed by atoms with Crippen molar-refractivity contribution in [3.8, 4) is 0 Å². The molecule has 4 aliphatic heterocycles. The van der Waals surface area contributed by atoms with E-state index in [-0.39, 0.29) is 18.0 Å². The van der Waals surface area contributed by atoms with Gasteiger partial charge in [0.15, 0.2) is 6.23 Å². The SMILES string of the molecule is CCOC(=O)[C@@H]1[C@H]2C=C[C@@]3(O2)[C@H]1C(=O)N1CCCO[C@@H]13. The first-order valence-electron chi connectivity index (χ1n) is 7.15. The van der Waals surface area contributed by atoms with E-state index in [1.807, 2.05) is 12.2 Å². The molecule has 0 aromatic heterocycles. The molecule has 0 unspecified atom stereocenters. The summed E-state index contributed by atoms with van der Waals surface area (Å²) in [6, 6.07) is 0. The molecule has 0 radical (unpaired) electrons. The zero-order chi connectivity index (χ0) is 13.9. The molecule has 0 N–H and O–H groups in total. The molecule has 1 spiro atoms. The van der Waals surface area contributed by atoms with Crippen molar-refractivity contribution in [3.63, 3.8) is 0 Å². The number of nitrogens with zero attached hydrogens (tertiary/aromatic N) is 1. The van der Waals surface area contributed by atoms with Gasteiger partial charge in [0.2, 0.25) is 5.91 Å². The standard InChI is InChI=1S/C14H17NO5/c1-2-18-12(17)9-8-4-5-14(20-8)10(9)11(16)15-6-3-7-19-13(14)15/h4-5,8-10,13H,2-3,6-7H2,1H3/t8-,9-,10-,13-,14-/m1/s1. The van der Waals surface area contributed by atoms with Crippen LogP contribution in [0.4, 0.5) is 0 Å². The van der Waals surface area contributed by atoms with Gasteiger partial charge in [-0.2, -0.15) is 0 Å². The summed E-state index contributed by atoms with van der Waals surface area (Å²) in [5, 5.41) is 0. The summed E-state index contributed by atoms with van der Waals surface area (Å²) in [6.45, 7) is 3.36. The fourth-order valence-electron chi connectivity index (χ4n) is 3.96. The molecule has 20 heavy (non-hydrogen) atoms. The molecule has 3 fully saturated rings. The molecule has 0 aromatic rings. The molecule has 1 amide bonds. The second-order valence-corrected chi connectivity index (χ2v) is 5.66. The molecule has 0 aliphatic carbocycles. The molecule has 0 aromatic carbocycles. The number of hydrogen-bond donors (Lipinski definition) is 0. The van der Waals surface area contributed by atoms with Gasteiger partial charge in [-0.25, -0.2) is 0 Å². The van der Waals surface area contributed by atoms with E-state index in [2.05, 4.69) is 0 Å². The van der Waals surface area contributed by atoms with E-state index >= 15 is 0 Å². The number of hydrogen-bond acceptors (Lipinski definition) is 5. The molecular weight excluding hydrogens is 262 g/mol. The first-order valence-corrected chi connectivity index (χ1v) is 7.15. The first-order chi connectivity index (χ1) is 9.69. The quantitative estimate of drug-likeness (QED) is 0.529. The van der Waals surface area contributed by atoms with Gasteiger partial charge in [0, 0.05) is 6.54 Å². The van der Waals surface area contributed by atoms with Gasteiger partial charge in [-0.05, 0) is 19.4 Å². The highest BCUT2D eigenvalue weighted by Gasteiger charge is 2.72. The predicted molar refractivity (Wildman–Crippen MR) is 66.4 cm³/mol. The van der Waals surface area contributed by atoms with Gasteiger partial charge < -0.3 is 19.1 Å². The zero-order valence-corrected chi connectivity index (χ0v) is 11.3. The van der Waals surface area contributed by atoms with E-state index in [1.54, 1.807) is 11.8 Å². The largest absolute Gasteiger partial charge is 0.466 e. The van der Waals surface area contributed by atoms with Crippen LogP contribution in [-0.2, 0) is 23.8 Å². The van der Waals surface area contributed by atoms with E-state index in [0.29, 0.717) is 19.8 Å². The van der Waals surface area contributed by atoms with Crippen molar-refractivity contribution in [2.45, 2.75) is 31.3 Å². The summed E-state index contributed by atoms with van der Waals surface area (Å²) in [6.07, 6.45) is 3.84. The fourth-order valence-corrected chi connectivity index (χ4v) is 3.96. The van der Waals surface area contributed by atoms with Crippen LogP contribution in [0, 0.1) is 11.8 Å². The number of amides is 1. The smallest absolute Gasteiger partial charge is 0.312 e. The molecule has 2 bridgehead atoms. The Morgan fingerprint density at radius 2 is 2.45 bits per heavy atom. The third-order valence-electron chi connectivity index (χ3n) is 4.68. The van der Waals surface area contributed by atoms with Crippen molar-refractivity contribution >= 4 is 11.9 Å². The van der Waals surface area contributed by atoms with Crippen molar-refractivity contribution < 1.29 is 23.8 Å². The molecule has 0 saturated carbocycles. The number of carbonyl (C=O) groups excluding carboxylic acids is 2. The molecule has 108 valence electrons. The maximum Gasteiger partial charge on any atom is 0.312 e. The molecule has 6 nitrogen and oxygen atoms in total. The molecule has 3 saturated heterocycles. The van der Waals surface area contributed by atoms with Gasteiger partial charge in [-0.15, -0.1) is 0 Å². The maximum absolute atomic E-state index is 12.6. The molecule has 6 heteroatoms. The lowest BCUT2D eigenvalue weighted by atomic mass is 9.76. The second-order valence-electron chi connectivity index (χ2n) is 5.66. The van der Waals surface area contributed by atoms with E-state index < -0.39 is 23.7 Å². The summed E-state index contributed by atoms with van der Waals surface area (Å²) in [4.78, 5) is 26.5. The number of esters is 1. The average Bonchev–Trinajstić information content (AvgIpc) is 3.09. The number of ether oxygens (including phenoxy) is 3. The van der Waals surface area contributed by atoms with Gasteiger partial charge in [-0.1, -0.05) is 6.08 Å². The lowest BCUT2D eigenvalue weighted by Gasteiger charge is -2.36. The molecule has 4 heterocycles. The lowest BCUT2D eigenvalue weighted by Crippen LogP contribution is -2.49. The highest BCUT2D eigenvalue weighted by Crippen LogP contribution is 2.55. The van der Waals surface area contributed by atoms with Crippen LogP contribution in [0.2, 0.25) is 0 Å². The Kier molecular flexibility index (Phi) is 2.50. The van der Waals surface area contributed by atoms with E-state index in [4.69, 9.17) is 14.2 Å². The minimum Gasteiger partial charge on any atom is -0.466 e. The normalized spacial score (nSPS) is 44.6. The summed E-state index contributed by atoms with van der Waals surface area (Å²) in [5.74, 6) is -1.43. The highest BCUT2D eigenvalue weighted by atomic mass is 16.6. The minimum absolute atomic E-state index is 0.0420. The van der Waals surface area contributed by atoms with Crippen molar-refractivity contribution in [2.75, 3.05) is 19.8 Å². The highest BCUT2D eigenvalue weighted by molar-refractivity contribution is 5.91. The fraction of sp³-hybridized carbons (Fsp3) is 0.714. The Labute approximate surface area is 116 Å². The van der Waals surface area contributed by atoms with Crippen molar-refractivity contribution in [1.82, 2.24) is 4.90 Å². The Bertz CT molecular complexity index is 504. The zero-order valence-electron chi connectivity index (χ0n) is 11.3. The molecule has 5 atom stereocenters. The van der Waals surface area contributed by atoms with Crippen LogP contribution in [-0.4, -0.2) is 54.5 Å². The van der Waals surface area contributed by atoms with E-state index in [9.17, 15) is 9.59 Å². The van der Waals surface area contributed by atoms with E-state index in [1.165, 1.54) is 0 Å². The lowest BCUT2D eigenvalue weighted by molar-refractivity contribution is -0.168. The number of fused-ring (bicyclic) bond motifs is 2. The Hall–Kier alpha value is -1.40. The van der Waals surface area contributed by atoms with Crippen LogP contribution in [0.3, 0.4) is 0 Å². The van der Waals surface area contributed by atoms with Gasteiger partial charge in [0.25, 0.3) is 0 Å². The van der Waals surface area contributed by atoms with Crippen LogP contribution < -0.4 is 0 Å². The van der Waals surface area contributed by atoms with E-state index in [0.717, 1.165) is 6.42 Å². The number of carbonyl (C=O) groups is 2. The van der Waals surface area contributed by atoms with Crippen LogP contribution in [0.5, 0.6) is 0 Å². The summed E-state index contributed by atoms with van der Waals surface area (Å²) >= 11 is 0. The minimum atomic E-state index is -0.792. The molecule has 4 rings (SSSR count). The average molecular weight is 279 g/mol. The molecule has 4 aliphatic rings. The van der Waals surface area contributed by atoms with Crippen LogP contribution in [0.25, 0.3) is 0 Å². The maximum atomic E-state index is 12.6. The van der Waals surface area contributed by atoms with Crippen LogP contribution >= 0.6 is 0 Å².